The summed E-state index contributed by atoms with van der Waals surface area (Å²) in [4.78, 5) is 13.1. The van der Waals surface area contributed by atoms with E-state index in [0.29, 0.717) is 19.3 Å². The highest BCUT2D eigenvalue weighted by atomic mass is 16.7. The largest absolute Gasteiger partial charge is 0.394 e. The number of carbonyl (C=O) groups is 1. The average Bonchev–Trinajstić information content (AvgIpc) is 2.28. The third-order valence-electron chi connectivity index (χ3n) is 17.1. The zero-order valence-electron chi connectivity index (χ0n) is 57.4. The molecule has 9 nitrogen and oxygen atoms in total. The third kappa shape index (κ3) is 55.9. The van der Waals surface area contributed by atoms with Gasteiger partial charge in [0.05, 0.1) is 25.4 Å². The van der Waals surface area contributed by atoms with E-state index >= 15 is 0 Å². The van der Waals surface area contributed by atoms with E-state index in [-0.39, 0.29) is 12.5 Å². The van der Waals surface area contributed by atoms with Gasteiger partial charge in [-0.05, 0) is 89.9 Å². The number of rotatable bonds is 64. The number of unbranched alkanes of at least 4 members (excludes halogenated alkanes) is 34. The fourth-order valence-corrected chi connectivity index (χ4v) is 11.3. The van der Waals surface area contributed by atoms with Crippen LogP contribution < -0.4 is 5.32 Å². The molecule has 0 bridgehead atoms. The quantitative estimate of drug-likeness (QED) is 0.0261. The molecule has 7 unspecified atom stereocenters. The zero-order valence-corrected chi connectivity index (χ0v) is 57.4. The Kier molecular flexibility index (Phi) is 63.4. The van der Waals surface area contributed by atoms with Crippen LogP contribution in [0.4, 0.5) is 0 Å². The van der Waals surface area contributed by atoms with E-state index in [1.807, 2.05) is 0 Å². The second-order valence-corrected chi connectivity index (χ2v) is 25.4. The molecule has 1 aliphatic heterocycles. The number of allylic oxidation sites excluding steroid dienone is 20. The number of aliphatic hydroxyl groups excluding tert-OH is 5. The van der Waals surface area contributed by atoms with Crippen molar-refractivity contribution in [3.63, 3.8) is 0 Å². The monoisotopic (exact) mass is 1240 g/mol. The van der Waals surface area contributed by atoms with Crippen LogP contribution in [0.1, 0.15) is 322 Å². The summed E-state index contributed by atoms with van der Waals surface area (Å²) in [5.41, 5.74) is 0. The molecule has 89 heavy (non-hydrogen) atoms. The molecule has 0 saturated carbocycles. The Morgan fingerprint density at radius 3 is 1.01 bits per heavy atom. The number of hydrogen-bond donors (Lipinski definition) is 6. The molecule has 1 amide bonds. The summed E-state index contributed by atoms with van der Waals surface area (Å²) in [5, 5.41) is 55.0. The molecule has 0 aromatic heterocycles. The van der Waals surface area contributed by atoms with Crippen molar-refractivity contribution < 1.29 is 39.8 Å². The van der Waals surface area contributed by atoms with Crippen molar-refractivity contribution in [2.45, 2.75) is 365 Å². The van der Waals surface area contributed by atoms with Crippen LogP contribution in [0.3, 0.4) is 0 Å². The van der Waals surface area contributed by atoms with E-state index in [4.69, 9.17) is 9.47 Å². The van der Waals surface area contributed by atoms with Gasteiger partial charge in [0, 0.05) is 6.42 Å². The maximum absolute atomic E-state index is 13.1. The maximum atomic E-state index is 13.1. The number of nitrogens with one attached hydrogen (secondary N) is 1. The van der Waals surface area contributed by atoms with Gasteiger partial charge in [0.15, 0.2) is 6.29 Å². The predicted octanol–water partition coefficient (Wildman–Crippen LogP) is 21.0. The van der Waals surface area contributed by atoms with Gasteiger partial charge in [-0.25, -0.2) is 0 Å². The van der Waals surface area contributed by atoms with Crippen molar-refractivity contribution in [2.24, 2.45) is 0 Å². The van der Waals surface area contributed by atoms with E-state index in [0.717, 1.165) is 96.3 Å². The summed E-state index contributed by atoms with van der Waals surface area (Å²) in [7, 11) is 0. The summed E-state index contributed by atoms with van der Waals surface area (Å²) in [6.07, 6.45) is 94.2. The first-order valence-electron chi connectivity index (χ1n) is 37.2. The zero-order chi connectivity index (χ0) is 64.2. The number of ether oxygens (including phenoxy) is 2. The van der Waals surface area contributed by atoms with Crippen LogP contribution in [-0.2, 0) is 14.3 Å². The third-order valence-corrected chi connectivity index (χ3v) is 17.1. The molecule has 9 heteroatoms. The Hall–Kier alpha value is -3.41. The first-order chi connectivity index (χ1) is 43.8. The number of hydrogen-bond acceptors (Lipinski definition) is 8. The van der Waals surface area contributed by atoms with Crippen molar-refractivity contribution in [2.75, 3.05) is 13.2 Å². The Balaban J connectivity index is 2.16. The molecule has 6 N–H and O–H groups in total. The van der Waals surface area contributed by atoms with Gasteiger partial charge >= 0.3 is 0 Å². The summed E-state index contributed by atoms with van der Waals surface area (Å²) < 4.78 is 11.4. The van der Waals surface area contributed by atoms with Crippen molar-refractivity contribution >= 4 is 5.91 Å². The van der Waals surface area contributed by atoms with Crippen molar-refractivity contribution in [1.82, 2.24) is 5.32 Å². The molecule has 1 rings (SSSR count). The molecule has 1 fully saturated rings. The molecule has 0 aromatic rings. The lowest BCUT2D eigenvalue weighted by molar-refractivity contribution is -0.302. The summed E-state index contributed by atoms with van der Waals surface area (Å²) in [5.74, 6) is -0.187. The molecule has 0 radical (unpaired) electrons. The lowest BCUT2D eigenvalue weighted by Gasteiger charge is -2.40. The van der Waals surface area contributed by atoms with Crippen LogP contribution in [0.5, 0.6) is 0 Å². The predicted molar refractivity (Wildman–Crippen MR) is 382 cm³/mol. The molecular formula is C80H139NO8. The number of aliphatic hydroxyl groups is 5. The molecule has 1 aliphatic rings. The maximum Gasteiger partial charge on any atom is 0.220 e. The first kappa shape index (κ1) is 83.6. The fourth-order valence-electron chi connectivity index (χ4n) is 11.3. The summed E-state index contributed by atoms with van der Waals surface area (Å²) in [6, 6.07) is -0.754. The van der Waals surface area contributed by atoms with Gasteiger partial charge in [0.25, 0.3) is 0 Å². The van der Waals surface area contributed by atoms with E-state index in [9.17, 15) is 30.3 Å². The Labute approximate surface area is 548 Å². The van der Waals surface area contributed by atoms with Crippen molar-refractivity contribution in [1.29, 1.82) is 0 Å². The molecule has 512 valence electrons. The smallest absolute Gasteiger partial charge is 0.220 e. The molecule has 0 spiro atoms. The molecule has 1 heterocycles. The average molecular weight is 1240 g/mol. The molecule has 7 atom stereocenters. The van der Waals surface area contributed by atoms with Gasteiger partial charge < -0.3 is 40.3 Å². The number of amides is 1. The van der Waals surface area contributed by atoms with E-state index in [1.54, 1.807) is 0 Å². The minimum absolute atomic E-state index is 0.163. The summed E-state index contributed by atoms with van der Waals surface area (Å²) >= 11 is 0. The van der Waals surface area contributed by atoms with Gasteiger partial charge in [0.1, 0.15) is 24.4 Å². The lowest BCUT2D eigenvalue weighted by Crippen LogP contribution is -2.60. The standard InChI is InChI=1S/C80H139NO8/c1-3-5-7-9-11-13-15-17-19-21-23-25-27-29-31-33-35-37-39-41-43-45-47-49-51-53-55-57-59-61-63-65-67-69-74(83)73(72-88-80-79(87)78(86)77(85)75(71-82)89-80)81-76(84)70-68-66-64-62-60-58-56-54-52-50-48-46-44-42-40-38-36-34-32-30-28-26-24-22-20-18-16-14-12-10-8-6-4-2/h6,8,12,14,18,20,24,26,30,32,36,38,42,44,48,50,54,56,60,62,73-75,77-80,82-83,85-87H,3-5,7,9-11,13,15-17,19,21-23,25,27-29,31,33-35,37,39-41,43,45-47,49,51-53,55,57-59,61,63-72H2,1-2H3,(H,81,84)/b8-6-,14-12-,20-18-,26-24-,32-30-,38-36-,44-42-,50-48-,56-54-,62-60-. The fraction of sp³-hybridized carbons (Fsp3) is 0.738. The summed E-state index contributed by atoms with van der Waals surface area (Å²) in [6.45, 7) is 3.73. The lowest BCUT2D eigenvalue weighted by atomic mass is 9.99. The Morgan fingerprint density at radius 1 is 0.393 bits per heavy atom. The molecule has 1 saturated heterocycles. The van der Waals surface area contributed by atoms with Gasteiger partial charge in [-0.3, -0.25) is 4.79 Å². The van der Waals surface area contributed by atoms with Crippen LogP contribution in [0.2, 0.25) is 0 Å². The van der Waals surface area contributed by atoms with Crippen LogP contribution in [-0.4, -0.2) is 87.5 Å². The Bertz CT molecular complexity index is 1830. The van der Waals surface area contributed by atoms with Crippen LogP contribution in [0.25, 0.3) is 0 Å². The minimum atomic E-state index is -1.57. The Morgan fingerprint density at radius 2 is 0.697 bits per heavy atom. The van der Waals surface area contributed by atoms with Crippen molar-refractivity contribution in [3.8, 4) is 0 Å². The van der Waals surface area contributed by atoms with Gasteiger partial charge in [0.2, 0.25) is 5.91 Å². The van der Waals surface area contributed by atoms with Crippen LogP contribution >= 0.6 is 0 Å². The second-order valence-electron chi connectivity index (χ2n) is 25.4. The van der Waals surface area contributed by atoms with Gasteiger partial charge in [-0.1, -0.05) is 347 Å². The first-order valence-corrected chi connectivity index (χ1v) is 37.2. The van der Waals surface area contributed by atoms with Crippen LogP contribution in [0.15, 0.2) is 122 Å². The minimum Gasteiger partial charge on any atom is -0.394 e. The van der Waals surface area contributed by atoms with E-state index < -0.39 is 49.5 Å². The van der Waals surface area contributed by atoms with Crippen molar-refractivity contribution in [3.05, 3.63) is 122 Å². The number of carbonyl (C=O) groups excluding carboxylic acids is 1. The van der Waals surface area contributed by atoms with E-state index in [1.165, 1.54) is 193 Å². The highest BCUT2D eigenvalue weighted by Crippen LogP contribution is 2.24. The van der Waals surface area contributed by atoms with Crippen LogP contribution in [0, 0.1) is 0 Å². The van der Waals surface area contributed by atoms with E-state index in [2.05, 4.69) is 141 Å². The topological polar surface area (TPSA) is 149 Å². The van der Waals surface area contributed by atoms with Gasteiger partial charge in [-0.15, -0.1) is 0 Å². The van der Waals surface area contributed by atoms with Gasteiger partial charge in [-0.2, -0.15) is 0 Å². The molecular weight excluding hydrogens is 1100 g/mol. The molecule has 0 aromatic carbocycles. The SMILES string of the molecule is CC/C=C\C/C=C\C/C=C\C/C=C\C/C=C\C/C=C\C/C=C\C/C=C\C/C=C\C/C=C\CCCCC(=O)NC(COC1OC(CO)C(O)C(O)C1O)C(O)CCCCCCCCCCCCCCCCCCCCCCCCCCCCCCCCCCC. The highest BCUT2D eigenvalue weighted by molar-refractivity contribution is 5.76. The normalized spacial score (nSPS) is 18.6. The molecule has 0 aliphatic carbocycles. The highest BCUT2D eigenvalue weighted by Gasteiger charge is 2.44. The second kappa shape index (κ2) is 67.5.